The Bertz CT molecular complexity index is 869. The molecule has 28 heavy (non-hydrogen) atoms. The Morgan fingerprint density at radius 3 is 2.68 bits per heavy atom. The van der Waals surface area contributed by atoms with E-state index >= 15 is 0 Å². The summed E-state index contributed by atoms with van der Waals surface area (Å²) in [6.07, 6.45) is 2.28. The van der Waals surface area contributed by atoms with Crippen molar-refractivity contribution in [3.63, 3.8) is 0 Å². The number of carbonyl (C=O) groups excluding carboxylic acids is 1. The smallest absolute Gasteiger partial charge is 0.320 e. The van der Waals surface area contributed by atoms with Crippen LogP contribution in [0.4, 0.5) is 0 Å². The first kappa shape index (κ1) is 20.2. The molecule has 148 valence electrons. The summed E-state index contributed by atoms with van der Waals surface area (Å²) in [6.45, 7) is 1.87. The van der Waals surface area contributed by atoms with Gasteiger partial charge in [0.1, 0.15) is 4.32 Å². The molecule has 2 aliphatic heterocycles. The molecule has 0 radical (unpaired) electrons. The maximum absolute atomic E-state index is 13.0. The summed E-state index contributed by atoms with van der Waals surface area (Å²) in [5.41, 5.74) is 0.621. The highest BCUT2D eigenvalue weighted by molar-refractivity contribution is 8.26. The molecule has 1 aromatic rings. The number of hydrogen-bond donors (Lipinski definition) is 2. The number of hydrogen-bond acceptors (Lipinski definition) is 7. The predicted molar refractivity (Wildman–Crippen MR) is 105 cm³/mol. The van der Waals surface area contributed by atoms with Crippen LogP contribution in [0.2, 0.25) is 0 Å². The summed E-state index contributed by atoms with van der Waals surface area (Å²) in [4.78, 5) is 37.4. The van der Waals surface area contributed by atoms with E-state index in [1.807, 2.05) is 0 Å². The number of carboxylic acid groups (broad SMARTS) is 2. The van der Waals surface area contributed by atoms with Crippen molar-refractivity contribution in [2.45, 2.75) is 25.8 Å². The van der Waals surface area contributed by atoms with Crippen LogP contribution in [0, 0.1) is 5.92 Å². The van der Waals surface area contributed by atoms with Crippen LogP contribution in [0.25, 0.3) is 6.08 Å². The molecule has 1 unspecified atom stereocenters. The lowest BCUT2D eigenvalue weighted by molar-refractivity contribution is -0.157. The van der Waals surface area contributed by atoms with Crippen LogP contribution in [0.5, 0.6) is 11.5 Å². The van der Waals surface area contributed by atoms with Gasteiger partial charge in [-0.15, -0.1) is 0 Å². The molecule has 0 spiro atoms. The number of carboxylic acids is 2. The molecule has 2 N–H and O–H groups in total. The number of ether oxygens (including phenoxy) is 2. The van der Waals surface area contributed by atoms with Crippen molar-refractivity contribution >= 4 is 52.2 Å². The molecular weight excluding hydrogens is 406 g/mol. The SMILES string of the molecule is CCCC(C(C(=O)O)C(=O)O)N1C(=O)/C(=C/c2cccc3c2OCO3)SC1=S. The average molecular weight is 423 g/mol. The van der Waals surface area contributed by atoms with E-state index in [2.05, 4.69) is 0 Å². The molecular formula is C18H17NO7S2. The summed E-state index contributed by atoms with van der Waals surface area (Å²) < 4.78 is 10.9. The molecule has 8 nitrogen and oxygen atoms in total. The van der Waals surface area contributed by atoms with E-state index in [1.54, 1.807) is 31.2 Å². The fraction of sp³-hybridized carbons (Fsp3) is 0.333. The first-order chi connectivity index (χ1) is 13.3. The lowest BCUT2D eigenvalue weighted by Crippen LogP contribution is -2.48. The zero-order valence-corrected chi connectivity index (χ0v) is 16.4. The molecule has 2 heterocycles. The Labute approximate surface area is 170 Å². The number of para-hydroxylation sites is 1. The third-order valence-corrected chi connectivity index (χ3v) is 5.70. The summed E-state index contributed by atoms with van der Waals surface area (Å²) in [7, 11) is 0. The maximum Gasteiger partial charge on any atom is 0.320 e. The third kappa shape index (κ3) is 3.69. The molecule has 0 aliphatic carbocycles. The molecule has 3 rings (SSSR count). The van der Waals surface area contributed by atoms with Crippen molar-refractivity contribution in [3.05, 3.63) is 28.7 Å². The van der Waals surface area contributed by atoms with Gasteiger partial charge < -0.3 is 19.7 Å². The molecule has 1 fully saturated rings. The van der Waals surface area contributed by atoms with Gasteiger partial charge in [0.15, 0.2) is 17.4 Å². The minimum atomic E-state index is -1.76. The molecule has 1 amide bonds. The van der Waals surface area contributed by atoms with E-state index in [0.717, 1.165) is 16.7 Å². The number of nitrogens with zero attached hydrogens (tertiary/aromatic N) is 1. The molecule has 1 atom stereocenters. The van der Waals surface area contributed by atoms with Crippen LogP contribution in [-0.4, -0.2) is 50.1 Å². The summed E-state index contributed by atoms with van der Waals surface area (Å²) >= 11 is 6.28. The first-order valence-corrected chi connectivity index (χ1v) is 9.69. The number of rotatable bonds is 7. The van der Waals surface area contributed by atoms with Gasteiger partial charge in [0, 0.05) is 5.56 Å². The van der Waals surface area contributed by atoms with Gasteiger partial charge in [-0.1, -0.05) is 49.5 Å². The minimum absolute atomic E-state index is 0.0820. The molecule has 0 saturated carbocycles. The van der Waals surface area contributed by atoms with E-state index in [4.69, 9.17) is 21.7 Å². The number of fused-ring (bicyclic) bond motifs is 1. The Kier molecular flexibility index (Phi) is 5.90. The molecule has 10 heteroatoms. The summed E-state index contributed by atoms with van der Waals surface area (Å²) in [5.74, 6) is -4.22. The molecule has 0 aromatic heterocycles. The minimum Gasteiger partial charge on any atom is -0.481 e. The number of thioether (sulfide) groups is 1. The second-order valence-corrected chi connectivity index (χ2v) is 7.82. The molecule has 0 bridgehead atoms. The van der Waals surface area contributed by atoms with Crippen molar-refractivity contribution < 1.29 is 34.1 Å². The summed E-state index contributed by atoms with van der Waals surface area (Å²) in [5, 5.41) is 18.7. The van der Waals surface area contributed by atoms with Gasteiger partial charge in [0.2, 0.25) is 6.79 Å². The Hall–Kier alpha value is -2.59. The fourth-order valence-electron chi connectivity index (χ4n) is 3.15. The standard InChI is InChI=1S/C18H17NO7S2/c1-2-4-10(13(16(21)22)17(23)24)19-15(20)12(28-18(19)27)7-9-5-3-6-11-14(9)26-8-25-11/h3,5-7,10,13H,2,4,8H2,1H3,(H,21,22)(H,23,24)/b12-7-. The largest absolute Gasteiger partial charge is 0.481 e. The van der Waals surface area contributed by atoms with Gasteiger partial charge in [-0.2, -0.15) is 0 Å². The highest BCUT2D eigenvalue weighted by atomic mass is 32.2. The van der Waals surface area contributed by atoms with E-state index < -0.39 is 29.8 Å². The first-order valence-electron chi connectivity index (χ1n) is 8.46. The van der Waals surface area contributed by atoms with Crippen LogP contribution < -0.4 is 9.47 Å². The molecule has 1 aromatic carbocycles. The Morgan fingerprint density at radius 2 is 2.04 bits per heavy atom. The molecule has 2 aliphatic rings. The van der Waals surface area contributed by atoms with Crippen molar-refractivity contribution in [1.82, 2.24) is 4.90 Å². The topological polar surface area (TPSA) is 113 Å². The van der Waals surface area contributed by atoms with E-state index in [1.165, 1.54) is 0 Å². The van der Waals surface area contributed by atoms with E-state index in [0.29, 0.717) is 23.5 Å². The third-order valence-electron chi connectivity index (χ3n) is 4.37. The number of benzene rings is 1. The number of thiocarbonyl (C=S) groups is 1. The zero-order valence-electron chi connectivity index (χ0n) is 14.8. The fourth-order valence-corrected chi connectivity index (χ4v) is 4.51. The van der Waals surface area contributed by atoms with Gasteiger partial charge >= 0.3 is 11.9 Å². The van der Waals surface area contributed by atoms with Crippen molar-refractivity contribution in [2.24, 2.45) is 5.92 Å². The quantitative estimate of drug-likeness (QED) is 0.388. The highest BCUT2D eigenvalue weighted by Gasteiger charge is 2.45. The van der Waals surface area contributed by atoms with Crippen LogP contribution >= 0.6 is 24.0 Å². The van der Waals surface area contributed by atoms with Gasteiger partial charge in [-0.05, 0) is 18.6 Å². The van der Waals surface area contributed by atoms with Gasteiger partial charge in [0.05, 0.1) is 10.9 Å². The average Bonchev–Trinajstić information content (AvgIpc) is 3.19. The van der Waals surface area contributed by atoms with Gasteiger partial charge in [-0.3, -0.25) is 19.3 Å². The highest BCUT2D eigenvalue weighted by Crippen LogP contribution is 2.41. The number of amides is 1. The summed E-state index contributed by atoms with van der Waals surface area (Å²) in [6, 6.07) is 4.18. The predicted octanol–water partition coefficient (Wildman–Crippen LogP) is 2.57. The normalized spacial score (nSPS) is 18.2. The number of aliphatic carboxylic acids is 2. The van der Waals surface area contributed by atoms with E-state index in [9.17, 15) is 24.6 Å². The lowest BCUT2D eigenvalue weighted by atomic mass is 9.94. The zero-order chi connectivity index (χ0) is 20.4. The van der Waals surface area contributed by atoms with Gasteiger partial charge in [-0.25, -0.2) is 0 Å². The Morgan fingerprint density at radius 1 is 1.32 bits per heavy atom. The second kappa shape index (κ2) is 8.19. The van der Waals surface area contributed by atoms with E-state index in [-0.39, 0.29) is 22.4 Å². The van der Waals surface area contributed by atoms with Crippen molar-refractivity contribution in [1.29, 1.82) is 0 Å². The van der Waals surface area contributed by atoms with Crippen molar-refractivity contribution in [3.8, 4) is 11.5 Å². The lowest BCUT2D eigenvalue weighted by Gasteiger charge is -2.29. The number of carbonyl (C=O) groups is 3. The van der Waals surface area contributed by atoms with Crippen LogP contribution in [0.15, 0.2) is 23.1 Å². The van der Waals surface area contributed by atoms with Gasteiger partial charge in [0.25, 0.3) is 5.91 Å². The monoisotopic (exact) mass is 423 g/mol. The van der Waals surface area contributed by atoms with Crippen LogP contribution in [0.3, 0.4) is 0 Å². The van der Waals surface area contributed by atoms with Crippen LogP contribution in [-0.2, 0) is 14.4 Å². The van der Waals surface area contributed by atoms with Crippen LogP contribution in [0.1, 0.15) is 25.3 Å². The molecule has 1 saturated heterocycles. The second-order valence-electron chi connectivity index (χ2n) is 6.14. The maximum atomic E-state index is 13.0. The van der Waals surface area contributed by atoms with Crippen molar-refractivity contribution in [2.75, 3.05) is 6.79 Å². The Balaban J connectivity index is 1.95.